The zero-order valence-electron chi connectivity index (χ0n) is 16.0. The lowest BCUT2D eigenvalue weighted by atomic mass is 10.1. The Morgan fingerprint density at radius 3 is 2.48 bits per heavy atom. The van der Waals surface area contributed by atoms with E-state index in [-0.39, 0.29) is 12.2 Å². The summed E-state index contributed by atoms with van der Waals surface area (Å²) in [5, 5.41) is 6.36. The lowest BCUT2D eigenvalue weighted by Gasteiger charge is -2.13. The minimum atomic E-state index is -4.72. The van der Waals surface area contributed by atoms with Gasteiger partial charge in [0.05, 0.1) is 17.4 Å². The molecule has 152 valence electrons. The molecule has 0 saturated carbocycles. The Morgan fingerprint density at radius 2 is 1.83 bits per heavy atom. The molecule has 1 amide bonds. The number of thioether (sulfide) groups is 1. The van der Waals surface area contributed by atoms with Gasteiger partial charge in [0.15, 0.2) is 5.69 Å². The number of rotatable bonds is 6. The number of carbonyl (C=O) groups is 1. The number of hydrogen-bond donors (Lipinski definition) is 1. The van der Waals surface area contributed by atoms with Gasteiger partial charge < -0.3 is 5.32 Å². The Hall–Kier alpha value is -2.74. The zero-order valence-corrected chi connectivity index (χ0v) is 16.8. The van der Waals surface area contributed by atoms with E-state index < -0.39 is 23.3 Å². The van der Waals surface area contributed by atoms with Crippen molar-refractivity contribution in [1.29, 1.82) is 0 Å². The summed E-state index contributed by atoms with van der Waals surface area (Å²) >= 11 is 1.53. The highest BCUT2D eigenvalue weighted by molar-refractivity contribution is 7.99. The lowest BCUT2D eigenvalue weighted by Crippen LogP contribution is -2.28. The molecule has 2 aromatic carbocycles. The molecule has 0 radical (unpaired) electrons. The Labute approximate surface area is 171 Å². The average molecular weight is 419 g/mol. The normalized spacial score (nSPS) is 11.5. The van der Waals surface area contributed by atoms with E-state index >= 15 is 0 Å². The number of halogens is 3. The topological polar surface area (TPSA) is 46.9 Å². The number of alkyl halides is 3. The van der Waals surface area contributed by atoms with Crippen LogP contribution in [0.3, 0.4) is 0 Å². The molecular formula is C21H20F3N3OS. The number of aryl methyl sites for hydroxylation is 2. The molecule has 0 spiro atoms. The van der Waals surface area contributed by atoms with Gasteiger partial charge in [0.1, 0.15) is 0 Å². The second kappa shape index (κ2) is 8.73. The molecular weight excluding hydrogens is 399 g/mol. The molecule has 4 nitrogen and oxygen atoms in total. The predicted molar refractivity (Wildman–Crippen MR) is 108 cm³/mol. The van der Waals surface area contributed by atoms with Crippen molar-refractivity contribution in [2.75, 3.05) is 12.3 Å². The summed E-state index contributed by atoms with van der Waals surface area (Å²) in [6, 6.07) is 14.0. The van der Waals surface area contributed by atoms with Crippen LogP contribution in [0.15, 0.2) is 59.6 Å². The fourth-order valence-corrected chi connectivity index (χ4v) is 3.65. The summed E-state index contributed by atoms with van der Waals surface area (Å²) in [6.45, 7) is 4.28. The van der Waals surface area contributed by atoms with E-state index in [2.05, 4.69) is 10.4 Å². The third-order valence-electron chi connectivity index (χ3n) is 4.42. The van der Waals surface area contributed by atoms with Crippen molar-refractivity contribution in [2.24, 2.45) is 0 Å². The first-order valence-corrected chi connectivity index (χ1v) is 9.95. The quantitative estimate of drug-likeness (QED) is 0.450. The molecule has 3 rings (SSSR count). The fraction of sp³-hybridized carbons (Fsp3) is 0.238. The monoisotopic (exact) mass is 419 g/mol. The number of para-hydroxylation sites is 1. The van der Waals surface area contributed by atoms with Gasteiger partial charge >= 0.3 is 6.18 Å². The molecule has 0 saturated heterocycles. The zero-order chi connectivity index (χ0) is 21.0. The van der Waals surface area contributed by atoms with Crippen LogP contribution in [0.25, 0.3) is 5.69 Å². The van der Waals surface area contributed by atoms with Crippen LogP contribution in [0.5, 0.6) is 0 Å². The largest absolute Gasteiger partial charge is 0.434 e. The van der Waals surface area contributed by atoms with E-state index in [9.17, 15) is 18.0 Å². The molecule has 1 heterocycles. The summed E-state index contributed by atoms with van der Waals surface area (Å²) in [7, 11) is 0. The van der Waals surface area contributed by atoms with E-state index in [1.807, 2.05) is 32.0 Å². The van der Waals surface area contributed by atoms with E-state index in [0.717, 1.165) is 15.8 Å². The number of carbonyl (C=O) groups excluding carboxylic acids is 1. The average Bonchev–Trinajstić information content (AvgIpc) is 3.14. The Bertz CT molecular complexity index is 1000. The summed E-state index contributed by atoms with van der Waals surface area (Å²) in [6.07, 6.45) is -3.76. The van der Waals surface area contributed by atoms with Gasteiger partial charge in [0.25, 0.3) is 5.91 Å². The molecule has 0 atom stereocenters. The third-order valence-corrected chi connectivity index (χ3v) is 5.41. The van der Waals surface area contributed by atoms with E-state index in [4.69, 9.17) is 0 Å². The van der Waals surface area contributed by atoms with Gasteiger partial charge in [-0.2, -0.15) is 18.3 Å². The molecule has 0 aliphatic carbocycles. The van der Waals surface area contributed by atoms with Crippen LogP contribution in [0.4, 0.5) is 13.2 Å². The second-order valence-corrected chi connectivity index (χ2v) is 7.67. The van der Waals surface area contributed by atoms with Gasteiger partial charge in [-0.25, -0.2) is 4.68 Å². The summed E-state index contributed by atoms with van der Waals surface area (Å²) < 4.78 is 41.6. The maximum Gasteiger partial charge on any atom is 0.434 e. The van der Waals surface area contributed by atoms with Crippen LogP contribution in [-0.4, -0.2) is 28.0 Å². The summed E-state index contributed by atoms with van der Waals surface area (Å²) in [5.74, 6) is -0.247. The van der Waals surface area contributed by atoms with Crippen LogP contribution >= 0.6 is 11.8 Å². The second-order valence-electron chi connectivity index (χ2n) is 6.50. The standard InChI is InChI=1S/C21H20F3N3OS/c1-14-8-9-17(12-15(14)2)29-11-10-25-20(28)18-13-26-27(19(18)21(22,23)24)16-6-4-3-5-7-16/h3-9,12-13H,10-11H2,1-2H3,(H,25,28). The van der Waals surface area contributed by atoms with Crippen LogP contribution in [0.1, 0.15) is 27.2 Å². The molecule has 0 unspecified atom stereocenters. The minimum absolute atomic E-state index is 0.240. The smallest absolute Gasteiger partial charge is 0.351 e. The summed E-state index contributed by atoms with van der Waals surface area (Å²) in [4.78, 5) is 13.4. The highest BCUT2D eigenvalue weighted by atomic mass is 32.2. The van der Waals surface area contributed by atoms with Crippen molar-refractivity contribution in [2.45, 2.75) is 24.9 Å². The molecule has 1 aromatic heterocycles. The van der Waals surface area contributed by atoms with Crippen LogP contribution in [-0.2, 0) is 6.18 Å². The Balaban J connectivity index is 1.69. The molecule has 1 N–H and O–H groups in total. The van der Waals surface area contributed by atoms with Gasteiger partial charge in [-0.3, -0.25) is 4.79 Å². The molecule has 0 fully saturated rings. The fourth-order valence-electron chi connectivity index (χ4n) is 2.78. The third kappa shape index (κ3) is 5.00. The van der Waals surface area contributed by atoms with Crippen molar-refractivity contribution in [3.8, 4) is 5.69 Å². The molecule has 0 bridgehead atoms. The molecule has 3 aromatic rings. The van der Waals surface area contributed by atoms with Gasteiger partial charge in [0.2, 0.25) is 0 Å². The van der Waals surface area contributed by atoms with Crippen molar-refractivity contribution in [3.05, 3.63) is 77.1 Å². The van der Waals surface area contributed by atoms with Crippen molar-refractivity contribution in [1.82, 2.24) is 15.1 Å². The molecule has 0 aliphatic rings. The molecule has 0 aliphatic heterocycles. The highest BCUT2D eigenvalue weighted by Gasteiger charge is 2.40. The van der Waals surface area contributed by atoms with Crippen LogP contribution < -0.4 is 5.32 Å². The number of amides is 1. The first-order chi connectivity index (χ1) is 13.8. The maximum absolute atomic E-state index is 13.6. The van der Waals surface area contributed by atoms with E-state index in [0.29, 0.717) is 5.75 Å². The van der Waals surface area contributed by atoms with E-state index in [1.165, 1.54) is 35.0 Å². The first kappa shape index (κ1) is 21.0. The number of nitrogens with one attached hydrogen (secondary N) is 1. The van der Waals surface area contributed by atoms with Gasteiger partial charge in [-0.05, 0) is 49.2 Å². The highest BCUT2D eigenvalue weighted by Crippen LogP contribution is 2.33. The van der Waals surface area contributed by atoms with Gasteiger partial charge in [0, 0.05) is 17.2 Å². The Kier molecular flexibility index (Phi) is 6.32. The van der Waals surface area contributed by atoms with Crippen molar-refractivity contribution >= 4 is 17.7 Å². The lowest BCUT2D eigenvalue weighted by molar-refractivity contribution is -0.143. The van der Waals surface area contributed by atoms with E-state index in [1.54, 1.807) is 18.2 Å². The van der Waals surface area contributed by atoms with Gasteiger partial charge in [-0.1, -0.05) is 24.3 Å². The molecule has 8 heteroatoms. The number of hydrogen-bond acceptors (Lipinski definition) is 3. The minimum Gasteiger partial charge on any atom is -0.351 e. The maximum atomic E-state index is 13.6. The predicted octanol–water partition coefficient (Wildman–Crippen LogP) is 5.03. The van der Waals surface area contributed by atoms with Crippen LogP contribution in [0.2, 0.25) is 0 Å². The van der Waals surface area contributed by atoms with Crippen molar-refractivity contribution < 1.29 is 18.0 Å². The van der Waals surface area contributed by atoms with Gasteiger partial charge in [-0.15, -0.1) is 11.8 Å². The Morgan fingerprint density at radius 1 is 1.10 bits per heavy atom. The number of nitrogens with zero attached hydrogens (tertiary/aromatic N) is 2. The first-order valence-electron chi connectivity index (χ1n) is 8.96. The van der Waals surface area contributed by atoms with Crippen molar-refractivity contribution in [3.63, 3.8) is 0 Å². The number of benzene rings is 2. The SMILES string of the molecule is Cc1ccc(SCCNC(=O)c2cnn(-c3ccccc3)c2C(F)(F)F)cc1C. The van der Waals surface area contributed by atoms with Crippen LogP contribution in [0, 0.1) is 13.8 Å². The number of aromatic nitrogens is 2. The molecule has 29 heavy (non-hydrogen) atoms. The summed E-state index contributed by atoms with van der Waals surface area (Å²) in [5.41, 5.74) is 1.03.